The molecule has 5 nitrogen and oxygen atoms in total. The van der Waals surface area contributed by atoms with Crippen LogP contribution >= 0.6 is 11.6 Å². The summed E-state index contributed by atoms with van der Waals surface area (Å²) >= 11 is 5.98. The molecule has 3 N–H and O–H groups in total. The van der Waals surface area contributed by atoms with Gasteiger partial charge in [0.05, 0.1) is 17.2 Å². The zero-order valence-electron chi connectivity index (χ0n) is 11.3. The third kappa shape index (κ3) is 2.93. The first-order valence-corrected chi connectivity index (χ1v) is 8.37. The third-order valence-corrected chi connectivity index (χ3v) is 6.14. The van der Waals surface area contributed by atoms with E-state index in [-0.39, 0.29) is 9.92 Å². The van der Waals surface area contributed by atoms with Crippen molar-refractivity contribution in [2.24, 2.45) is 0 Å². The van der Waals surface area contributed by atoms with Gasteiger partial charge in [0.25, 0.3) is 0 Å². The third-order valence-electron chi connectivity index (χ3n) is 3.77. The number of aliphatic hydroxyl groups is 1. The highest BCUT2D eigenvalue weighted by molar-refractivity contribution is 7.89. The zero-order chi connectivity index (χ0) is 14.9. The number of nitrogens with two attached hydrogens (primary N) is 1. The second-order valence-electron chi connectivity index (χ2n) is 5.13. The van der Waals surface area contributed by atoms with E-state index in [2.05, 4.69) is 0 Å². The Morgan fingerprint density at radius 3 is 2.65 bits per heavy atom. The molecule has 1 fully saturated rings. The van der Waals surface area contributed by atoms with Crippen molar-refractivity contribution in [1.82, 2.24) is 4.31 Å². The van der Waals surface area contributed by atoms with Crippen LogP contribution < -0.4 is 5.73 Å². The van der Waals surface area contributed by atoms with Crippen LogP contribution in [-0.4, -0.2) is 37.0 Å². The van der Waals surface area contributed by atoms with Gasteiger partial charge < -0.3 is 10.8 Å². The Kier molecular flexibility index (Phi) is 4.59. The maximum Gasteiger partial charge on any atom is 0.244 e. The van der Waals surface area contributed by atoms with Crippen LogP contribution in [0.1, 0.15) is 25.7 Å². The predicted molar refractivity (Wildman–Crippen MR) is 79.1 cm³/mol. The second-order valence-corrected chi connectivity index (χ2v) is 7.50. The molecule has 1 aromatic carbocycles. The highest BCUT2D eigenvalue weighted by atomic mass is 35.5. The predicted octanol–water partition coefficient (Wildman–Crippen LogP) is 1.85. The van der Waals surface area contributed by atoms with Crippen LogP contribution in [0.25, 0.3) is 0 Å². The molecular weight excluding hydrogens is 300 g/mol. The van der Waals surface area contributed by atoms with Gasteiger partial charge in [-0.05, 0) is 31.0 Å². The normalized spacial score (nSPS) is 24.0. The molecule has 0 radical (unpaired) electrons. The lowest BCUT2D eigenvalue weighted by Crippen LogP contribution is -2.46. The number of benzene rings is 1. The topological polar surface area (TPSA) is 83.6 Å². The van der Waals surface area contributed by atoms with E-state index in [9.17, 15) is 13.5 Å². The monoisotopic (exact) mass is 318 g/mol. The smallest absolute Gasteiger partial charge is 0.244 e. The van der Waals surface area contributed by atoms with Gasteiger partial charge in [0, 0.05) is 12.7 Å². The largest absolute Gasteiger partial charge is 0.399 e. The minimum atomic E-state index is -3.76. The van der Waals surface area contributed by atoms with Crippen LogP contribution in [0.3, 0.4) is 0 Å². The maximum atomic E-state index is 12.6. The Labute approximate surface area is 124 Å². The Morgan fingerprint density at radius 2 is 2.00 bits per heavy atom. The summed E-state index contributed by atoms with van der Waals surface area (Å²) in [5, 5.41) is 10.1. The summed E-state index contributed by atoms with van der Waals surface area (Å²) in [4.78, 5) is -0.0144. The Balaban J connectivity index is 2.36. The molecule has 112 valence electrons. The van der Waals surface area contributed by atoms with Gasteiger partial charge in [-0.1, -0.05) is 24.4 Å². The average molecular weight is 319 g/mol. The number of sulfonamides is 1. The van der Waals surface area contributed by atoms with E-state index in [0.717, 1.165) is 12.8 Å². The van der Waals surface area contributed by atoms with Gasteiger partial charge in [0.1, 0.15) is 4.90 Å². The van der Waals surface area contributed by atoms with Crippen molar-refractivity contribution in [2.75, 3.05) is 12.8 Å². The first-order chi connectivity index (χ1) is 9.34. The van der Waals surface area contributed by atoms with E-state index < -0.39 is 22.2 Å². The molecule has 0 amide bonds. The molecule has 0 spiro atoms. The van der Waals surface area contributed by atoms with E-state index >= 15 is 0 Å². The first-order valence-electron chi connectivity index (χ1n) is 6.55. The van der Waals surface area contributed by atoms with E-state index in [1.165, 1.54) is 23.5 Å². The molecule has 0 saturated heterocycles. The molecular formula is C13H19ClN2O3S. The second kappa shape index (κ2) is 5.89. The molecule has 2 atom stereocenters. The van der Waals surface area contributed by atoms with Crippen molar-refractivity contribution in [3.05, 3.63) is 23.2 Å². The molecule has 7 heteroatoms. The van der Waals surface area contributed by atoms with Crippen LogP contribution in [0.4, 0.5) is 5.69 Å². The number of nitrogen functional groups attached to an aromatic ring is 1. The summed E-state index contributed by atoms with van der Waals surface area (Å²) in [6.07, 6.45) is 2.46. The van der Waals surface area contributed by atoms with Crippen LogP contribution in [-0.2, 0) is 10.0 Å². The van der Waals surface area contributed by atoms with Crippen LogP contribution in [0.15, 0.2) is 23.1 Å². The number of nitrogens with zero attached hydrogens (tertiary/aromatic N) is 1. The number of likely N-dealkylation sites (N-methyl/N-ethyl adjacent to an activating group) is 1. The molecule has 1 aliphatic carbocycles. The fraction of sp³-hybridized carbons (Fsp3) is 0.538. The highest BCUT2D eigenvalue weighted by Crippen LogP contribution is 2.30. The molecule has 0 bridgehead atoms. The minimum Gasteiger partial charge on any atom is -0.399 e. The molecule has 1 aliphatic rings. The quantitative estimate of drug-likeness (QED) is 0.833. The molecule has 1 aromatic rings. The van der Waals surface area contributed by atoms with Gasteiger partial charge in [-0.2, -0.15) is 4.31 Å². The molecule has 0 aliphatic heterocycles. The SMILES string of the molecule is CN(C1CCCCC1O)S(=O)(=O)c1cc(N)ccc1Cl. The molecule has 20 heavy (non-hydrogen) atoms. The Morgan fingerprint density at radius 1 is 1.35 bits per heavy atom. The number of rotatable bonds is 3. The molecule has 2 rings (SSSR count). The lowest BCUT2D eigenvalue weighted by Gasteiger charge is -2.34. The van der Waals surface area contributed by atoms with E-state index in [1.54, 1.807) is 6.07 Å². The van der Waals surface area contributed by atoms with Crippen LogP contribution in [0.5, 0.6) is 0 Å². The van der Waals surface area contributed by atoms with Gasteiger partial charge in [0.15, 0.2) is 0 Å². The number of halogens is 1. The van der Waals surface area contributed by atoms with E-state index in [0.29, 0.717) is 18.5 Å². The van der Waals surface area contributed by atoms with Crippen molar-refractivity contribution >= 4 is 27.3 Å². The average Bonchev–Trinajstić information content (AvgIpc) is 2.41. The lowest BCUT2D eigenvalue weighted by atomic mass is 9.93. The number of hydrogen-bond acceptors (Lipinski definition) is 4. The van der Waals surface area contributed by atoms with Crippen molar-refractivity contribution in [3.63, 3.8) is 0 Å². The summed E-state index contributed by atoms with van der Waals surface area (Å²) < 4.78 is 26.5. The maximum absolute atomic E-state index is 12.6. The van der Waals surface area contributed by atoms with Gasteiger partial charge in [0.2, 0.25) is 10.0 Å². The first kappa shape index (κ1) is 15.6. The minimum absolute atomic E-state index is 0.0144. The van der Waals surface area contributed by atoms with E-state index in [4.69, 9.17) is 17.3 Å². The van der Waals surface area contributed by atoms with Crippen molar-refractivity contribution in [2.45, 2.75) is 42.7 Å². The number of aliphatic hydroxyl groups excluding tert-OH is 1. The van der Waals surface area contributed by atoms with Gasteiger partial charge in [-0.15, -0.1) is 0 Å². The zero-order valence-corrected chi connectivity index (χ0v) is 12.9. The fourth-order valence-corrected chi connectivity index (χ4v) is 4.49. The molecule has 0 aromatic heterocycles. The summed E-state index contributed by atoms with van der Waals surface area (Å²) in [6, 6.07) is 3.96. The van der Waals surface area contributed by atoms with Gasteiger partial charge in [-0.3, -0.25) is 0 Å². The van der Waals surface area contributed by atoms with Crippen molar-refractivity contribution < 1.29 is 13.5 Å². The standard InChI is InChI=1S/C13H19ClN2O3S/c1-16(11-4-2-3-5-12(11)17)20(18,19)13-8-9(15)6-7-10(13)14/h6-8,11-12,17H,2-5,15H2,1H3. The summed E-state index contributed by atoms with van der Waals surface area (Å²) in [6.45, 7) is 0. The number of anilines is 1. The Hall–Kier alpha value is -0.820. The lowest BCUT2D eigenvalue weighted by molar-refractivity contribution is 0.0638. The molecule has 1 saturated carbocycles. The van der Waals surface area contributed by atoms with Gasteiger partial charge >= 0.3 is 0 Å². The summed E-state index contributed by atoms with van der Waals surface area (Å²) in [5.41, 5.74) is 5.98. The summed E-state index contributed by atoms with van der Waals surface area (Å²) in [5.74, 6) is 0. The van der Waals surface area contributed by atoms with Crippen molar-refractivity contribution in [3.8, 4) is 0 Å². The summed E-state index contributed by atoms with van der Waals surface area (Å²) in [7, 11) is -2.28. The van der Waals surface area contributed by atoms with E-state index in [1.807, 2.05) is 0 Å². The van der Waals surface area contributed by atoms with Crippen LogP contribution in [0.2, 0.25) is 5.02 Å². The van der Waals surface area contributed by atoms with Crippen molar-refractivity contribution in [1.29, 1.82) is 0 Å². The Bertz CT molecular complexity index is 591. The molecule has 2 unspecified atom stereocenters. The molecule has 0 heterocycles. The number of hydrogen-bond donors (Lipinski definition) is 2. The highest BCUT2D eigenvalue weighted by Gasteiger charge is 2.35. The fourth-order valence-electron chi connectivity index (χ4n) is 2.57. The van der Waals surface area contributed by atoms with Gasteiger partial charge in [-0.25, -0.2) is 8.42 Å². The van der Waals surface area contributed by atoms with Crippen LogP contribution in [0, 0.1) is 0 Å².